The Hall–Kier alpha value is -3.54. The summed E-state index contributed by atoms with van der Waals surface area (Å²) in [7, 11) is 0. The first-order chi connectivity index (χ1) is 12.4. The van der Waals surface area contributed by atoms with Crippen molar-refractivity contribution in [3.05, 3.63) is 96.6 Å². The zero-order chi connectivity index (χ0) is 16.7. The highest BCUT2D eigenvalue weighted by atomic mass is 15.0. The Bertz CT molecular complexity index is 962. The number of benzene rings is 2. The largest absolute Gasteiger partial charge is 0.225 e. The quantitative estimate of drug-likeness (QED) is 0.496. The van der Waals surface area contributed by atoms with Gasteiger partial charge >= 0.3 is 0 Å². The number of hydrogen-bond acceptors (Lipinski definition) is 6. The van der Waals surface area contributed by atoms with E-state index < -0.39 is 5.41 Å². The van der Waals surface area contributed by atoms with Crippen LogP contribution in [0.5, 0.6) is 0 Å². The lowest BCUT2D eigenvalue weighted by Gasteiger charge is -2.28. The standard InChI is InChI=1S/C19H12N6/c1-3-7-15-13(5-1)14-6-2-4-8-16(14)19(15,17-22-9-20-10-23-17)18-24-11-21-12-25-18/h1-12H. The molecule has 2 aromatic heterocycles. The van der Waals surface area contributed by atoms with Crippen molar-refractivity contribution in [1.29, 1.82) is 0 Å². The zero-order valence-corrected chi connectivity index (χ0v) is 13.1. The van der Waals surface area contributed by atoms with E-state index in [0.717, 1.165) is 22.3 Å². The molecule has 5 rings (SSSR count). The van der Waals surface area contributed by atoms with E-state index in [0.29, 0.717) is 11.6 Å². The molecule has 6 nitrogen and oxygen atoms in total. The summed E-state index contributed by atoms with van der Waals surface area (Å²) >= 11 is 0. The van der Waals surface area contributed by atoms with Crippen LogP contribution in [-0.2, 0) is 5.41 Å². The molecule has 118 valence electrons. The monoisotopic (exact) mass is 324 g/mol. The lowest BCUT2D eigenvalue weighted by molar-refractivity contribution is 0.633. The summed E-state index contributed by atoms with van der Waals surface area (Å²) in [5, 5.41) is 0. The van der Waals surface area contributed by atoms with Crippen LogP contribution in [0.3, 0.4) is 0 Å². The molecule has 0 unspecified atom stereocenters. The second-order valence-corrected chi connectivity index (χ2v) is 5.76. The van der Waals surface area contributed by atoms with Crippen molar-refractivity contribution in [1.82, 2.24) is 29.9 Å². The van der Waals surface area contributed by atoms with Gasteiger partial charge in [0.2, 0.25) is 0 Å². The third-order valence-electron chi connectivity index (χ3n) is 4.61. The van der Waals surface area contributed by atoms with Crippen LogP contribution in [0.2, 0.25) is 0 Å². The fourth-order valence-corrected chi connectivity index (χ4v) is 3.68. The molecule has 0 bridgehead atoms. The van der Waals surface area contributed by atoms with E-state index in [-0.39, 0.29) is 0 Å². The van der Waals surface area contributed by atoms with E-state index >= 15 is 0 Å². The van der Waals surface area contributed by atoms with Gasteiger partial charge in [0.1, 0.15) is 30.7 Å². The molecule has 25 heavy (non-hydrogen) atoms. The molecule has 0 amide bonds. The van der Waals surface area contributed by atoms with Crippen LogP contribution in [0.4, 0.5) is 0 Å². The molecule has 0 saturated carbocycles. The Balaban J connectivity index is 1.98. The smallest absolute Gasteiger partial charge is 0.154 e. The summed E-state index contributed by atoms with van der Waals surface area (Å²) in [4.78, 5) is 25.9. The van der Waals surface area contributed by atoms with Crippen molar-refractivity contribution in [2.75, 3.05) is 0 Å². The van der Waals surface area contributed by atoms with Crippen LogP contribution >= 0.6 is 0 Å². The highest BCUT2D eigenvalue weighted by Gasteiger charge is 2.50. The molecule has 0 radical (unpaired) electrons. The van der Waals surface area contributed by atoms with Crippen molar-refractivity contribution in [3.63, 3.8) is 0 Å². The van der Waals surface area contributed by atoms with Crippen LogP contribution < -0.4 is 0 Å². The van der Waals surface area contributed by atoms with Crippen molar-refractivity contribution in [3.8, 4) is 11.1 Å². The number of aromatic nitrogens is 6. The molecule has 0 fully saturated rings. The van der Waals surface area contributed by atoms with Gasteiger partial charge in [-0.3, -0.25) is 0 Å². The summed E-state index contributed by atoms with van der Waals surface area (Å²) < 4.78 is 0. The maximum atomic E-state index is 4.48. The number of nitrogens with zero attached hydrogens (tertiary/aromatic N) is 6. The lowest BCUT2D eigenvalue weighted by Crippen LogP contribution is -2.33. The second-order valence-electron chi connectivity index (χ2n) is 5.76. The number of hydrogen-bond donors (Lipinski definition) is 0. The molecule has 1 aliphatic carbocycles. The van der Waals surface area contributed by atoms with Crippen LogP contribution in [0.1, 0.15) is 22.8 Å². The van der Waals surface area contributed by atoms with Crippen molar-refractivity contribution in [2.24, 2.45) is 0 Å². The van der Waals surface area contributed by atoms with Gasteiger partial charge in [0.25, 0.3) is 0 Å². The summed E-state index contributed by atoms with van der Waals surface area (Å²) in [6.07, 6.45) is 6.04. The van der Waals surface area contributed by atoms with Gasteiger partial charge in [-0.2, -0.15) is 0 Å². The van der Waals surface area contributed by atoms with Gasteiger partial charge in [0, 0.05) is 0 Å². The molecule has 0 N–H and O–H groups in total. The maximum Gasteiger partial charge on any atom is 0.154 e. The Labute approximate surface area is 143 Å². The van der Waals surface area contributed by atoms with Gasteiger partial charge in [-0.15, -0.1) is 0 Å². The van der Waals surface area contributed by atoms with Gasteiger partial charge in [-0.25, -0.2) is 29.9 Å². The van der Waals surface area contributed by atoms with Crippen LogP contribution in [0, 0.1) is 0 Å². The minimum atomic E-state index is -0.779. The van der Waals surface area contributed by atoms with Gasteiger partial charge in [-0.1, -0.05) is 48.5 Å². The van der Waals surface area contributed by atoms with Gasteiger partial charge in [-0.05, 0) is 22.3 Å². The molecule has 0 aliphatic heterocycles. The minimum absolute atomic E-state index is 0.603. The highest BCUT2D eigenvalue weighted by Crippen LogP contribution is 2.53. The summed E-state index contributed by atoms with van der Waals surface area (Å²) in [6.45, 7) is 0. The van der Waals surface area contributed by atoms with E-state index in [2.05, 4.69) is 54.2 Å². The van der Waals surface area contributed by atoms with Crippen molar-refractivity contribution < 1.29 is 0 Å². The topological polar surface area (TPSA) is 77.3 Å². The minimum Gasteiger partial charge on any atom is -0.225 e. The van der Waals surface area contributed by atoms with E-state index in [1.54, 1.807) is 0 Å². The first kappa shape index (κ1) is 13.9. The summed E-state index contributed by atoms with van der Waals surface area (Å²) in [6, 6.07) is 16.5. The molecular weight excluding hydrogens is 312 g/mol. The predicted octanol–water partition coefficient (Wildman–Crippen LogP) is 2.42. The third-order valence-corrected chi connectivity index (χ3v) is 4.61. The zero-order valence-electron chi connectivity index (χ0n) is 13.1. The van der Waals surface area contributed by atoms with E-state index in [1.807, 2.05) is 24.3 Å². The molecule has 4 aromatic rings. The molecule has 2 aromatic carbocycles. The normalized spacial score (nSPS) is 13.9. The first-order valence-corrected chi connectivity index (χ1v) is 7.86. The third kappa shape index (κ3) is 1.79. The SMILES string of the molecule is c1ccc2c(c1)-c1ccccc1C2(c1ncncn1)c1ncncn1. The van der Waals surface area contributed by atoms with Gasteiger partial charge in [0.15, 0.2) is 11.6 Å². The summed E-state index contributed by atoms with van der Waals surface area (Å²) in [5.74, 6) is 1.21. The molecule has 0 atom stereocenters. The average Bonchev–Trinajstić information content (AvgIpc) is 3.01. The van der Waals surface area contributed by atoms with Crippen molar-refractivity contribution in [2.45, 2.75) is 5.41 Å². The Morgan fingerprint density at radius 3 is 1.36 bits per heavy atom. The molecule has 0 saturated heterocycles. The molecule has 0 spiro atoms. The number of rotatable bonds is 2. The molecular formula is C19H12N6. The van der Waals surface area contributed by atoms with E-state index in [9.17, 15) is 0 Å². The molecule has 2 heterocycles. The van der Waals surface area contributed by atoms with Gasteiger partial charge in [0.05, 0.1) is 0 Å². The van der Waals surface area contributed by atoms with Crippen LogP contribution in [0.25, 0.3) is 11.1 Å². The Morgan fingerprint density at radius 1 is 0.520 bits per heavy atom. The van der Waals surface area contributed by atoms with Crippen molar-refractivity contribution >= 4 is 0 Å². The predicted molar refractivity (Wildman–Crippen MR) is 90.5 cm³/mol. The Kier molecular flexibility index (Phi) is 2.90. The maximum absolute atomic E-state index is 4.48. The van der Waals surface area contributed by atoms with E-state index in [1.165, 1.54) is 25.3 Å². The van der Waals surface area contributed by atoms with Crippen LogP contribution in [0.15, 0.2) is 73.8 Å². The summed E-state index contributed by atoms with van der Waals surface area (Å²) in [5.41, 5.74) is 3.62. The molecule has 6 heteroatoms. The lowest BCUT2D eigenvalue weighted by atomic mass is 9.76. The Morgan fingerprint density at radius 2 is 0.920 bits per heavy atom. The van der Waals surface area contributed by atoms with Gasteiger partial charge < -0.3 is 0 Å². The van der Waals surface area contributed by atoms with Crippen LogP contribution in [-0.4, -0.2) is 29.9 Å². The second kappa shape index (κ2) is 5.24. The highest BCUT2D eigenvalue weighted by molar-refractivity contribution is 5.84. The average molecular weight is 324 g/mol. The first-order valence-electron chi connectivity index (χ1n) is 7.86. The fraction of sp³-hybridized carbons (Fsp3) is 0.0526. The number of fused-ring (bicyclic) bond motifs is 3. The van der Waals surface area contributed by atoms with E-state index in [4.69, 9.17) is 0 Å². The fourth-order valence-electron chi connectivity index (χ4n) is 3.68. The molecule has 1 aliphatic rings.